The van der Waals surface area contributed by atoms with Gasteiger partial charge in [-0.1, -0.05) is 0 Å². The van der Waals surface area contributed by atoms with Crippen LogP contribution < -0.4 is 5.32 Å². The monoisotopic (exact) mass is 339 g/mol. The van der Waals surface area contributed by atoms with Gasteiger partial charge in [-0.15, -0.1) is 0 Å². The number of nitrogens with one attached hydrogen (secondary N) is 1. The maximum Gasteiger partial charge on any atom is 0.270 e. The summed E-state index contributed by atoms with van der Waals surface area (Å²) in [5, 5.41) is 2.70. The first kappa shape index (κ1) is 15.0. The molecule has 2 rings (SSSR count). The van der Waals surface area contributed by atoms with Gasteiger partial charge >= 0.3 is 0 Å². The number of carbonyl (C=O) groups excluding carboxylic acids is 2. The van der Waals surface area contributed by atoms with E-state index in [1.54, 1.807) is 25.3 Å². The Bertz CT molecular complexity index is 484. The Morgan fingerprint density at radius 2 is 2.00 bits per heavy atom. The van der Waals surface area contributed by atoms with Gasteiger partial charge in [-0.2, -0.15) is 0 Å². The Hall–Kier alpha value is -1.43. The summed E-state index contributed by atoms with van der Waals surface area (Å²) in [5.74, 6) is -0.342. The van der Waals surface area contributed by atoms with Gasteiger partial charge in [0.25, 0.3) is 5.91 Å². The van der Waals surface area contributed by atoms with Crippen LogP contribution in [0.3, 0.4) is 0 Å². The maximum atomic E-state index is 12.2. The Balaban J connectivity index is 1.92. The van der Waals surface area contributed by atoms with Crippen molar-refractivity contribution in [3.63, 3.8) is 0 Å². The fourth-order valence-corrected chi connectivity index (χ4v) is 2.47. The summed E-state index contributed by atoms with van der Waals surface area (Å²) in [7, 11) is 0. The summed E-state index contributed by atoms with van der Waals surface area (Å²) in [6.45, 7) is 3.29. The van der Waals surface area contributed by atoms with Crippen molar-refractivity contribution in [2.24, 2.45) is 0 Å². The van der Waals surface area contributed by atoms with E-state index in [0.717, 1.165) is 30.4 Å². The largest absolute Gasteiger partial charge is 0.341 e. The second kappa shape index (κ2) is 6.83. The van der Waals surface area contributed by atoms with Gasteiger partial charge in [0.15, 0.2) is 0 Å². The molecule has 1 unspecified atom stereocenters. The lowest BCUT2D eigenvalue weighted by molar-refractivity contribution is -0.133. The van der Waals surface area contributed by atoms with Crippen molar-refractivity contribution in [3.8, 4) is 0 Å². The van der Waals surface area contributed by atoms with Gasteiger partial charge in [0.05, 0.1) is 0 Å². The molecule has 1 fully saturated rings. The van der Waals surface area contributed by atoms with Crippen molar-refractivity contribution in [2.45, 2.75) is 32.2 Å². The van der Waals surface area contributed by atoms with Crippen molar-refractivity contribution < 1.29 is 9.59 Å². The van der Waals surface area contributed by atoms with E-state index in [4.69, 9.17) is 0 Å². The molecule has 5 nitrogen and oxygen atoms in total. The normalized spacial score (nSPS) is 16.6. The predicted octanol–water partition coefficient (Wildman–Crippen LogP) is 1.97. The summed E-state index contributed by atoms with van der Waals surface area (Å²) in [4.78, 5) is 30.0. The van der Waals surface area contributed by atoms with Gasteiger partial charge in [0.2, 0.25) is 5.91 Å². The highest BCUT2D eigenvalue weighted by atomic mass is 79.9. The third-order valence-corrected chi connectivity index (χ3v) is 3.81. The highest BCUT2D eigenvalue weighted by Gasteiger charge is 2.23. The summed E-state index contributed by atoms with van der Waals surface area (Å²) in [6.07, 6.45) is 4.82. The topological polar surface area (TPSA) is 62.3 Å². The molecule has 20 heavy (non-hydrogen) atoms. The number of aromatic nitrogens is 1. The maximum absolute atomic E-state index is 12.2. The smallest absolute Gasteiger partial charge is 0.270 e. The SMILES string of the molecule is CC(NC(=O)c1ccc(Br)cn1)C(=O)N1CCCCC1. The van der Waals surface area contributed by atoms with Gasteiger partial charge in [-0.05, 0) is 54.2 Å². The first-order chi connectivity index (χ1) is 9.58. The van der Waals surface area contributed by atoms with Crippen LogP contribution in [0.15, 0.2) is 22.8 Å². The zero-order valence-electron chi connectivity index (χ0n) is 11.4. The van der Waals surface area contributed by atoms with E-state index in [2.05, 4.69) is 26.2 Å². The van der Waals surface area contributed by atoms with Crippen LogP contribution in [0.25, 0.3) is 0 Å². The Kier molecular flexibility index (Phi) is 5.11. The zero-order valence-corrected chi connectivity index (χ0v) is 13.0. The number of piperidine rings is 1. The first-order valence-corrected chi connectivity index (χ1v) is 7.58. The van der Waals surface area contributed by atoms with Crippen molar-refractivity contribution in [1.29, 1.82) is 0 Å². The minimum absolute atomic E-state index is 0.0184. The number of hydrogen-bond acceptors (Lipinski definition) is 3. The molecule has 0 bridgehead atoms. The number of halogens is 1. The summed E-state index contributed by atoms with van der Waals surface area (Å²) in [5.41, 5.74) is 0.312. The molecule has 1 saturated heterocycles. The quantitative estimate of drug-likeness (QED) is 0.915. The van der Waals surface area contributed by atoms with Gasteiger partial charge in [0.1, 0.15) is 11.7 Å². The first-order valence-electron chi connectivity index (χ1n) is 6.79. The molecule has 1 atom stereocenters. The molecule has 108 valence electrons. The standard InChI is InChI=1S/C14H18BrN3O2/c1-10(14(20)18-7-3-2-4-8-18)17-13(19)12-6-5-11(15)9-16-12/h5-6,9-10H,2-4,7-8H2,1H3,(H,17,19). The molecule has 1 aromatic rings. The fraction of sp³-hybridized carbons (Fsp3) is 0.500. The third kappa shape index (κ3) is 3.79. The molecule has 0 aromatic carbocycles. The highest BCUT2D eigenvalue weighted by molar-refractivity contribution is 9.10. The number of pyridine rings is 1. The summed E-state index contributed by atoms with van der Waals surface area (Å²) < 4.78 is 0.812. The lowest BCUT2D eigenvalue weighted by atomic mass is 10.1. The predicted molar refractivity (Wildman–Crippen MR) is 79.3 cm³/mol. The van der Waals surface area contributed by atoms with Crippen LogP contribution in [0.4, 0.5) is 0 Å². The van der Waals surface area contributed by atoms with E-state index >= 15 is 0 Å². The number of carbonyl (C=O) groups is 2. The molecule has 2 heterocycles. The lowest BCUT2D eigenvalue weighted by Gasteiger charge is -2.29. The Morgan fingerprint density at radius 3 is 2.60 bits per heavy atom. The molecule has 6 heteroatoms. The van der Waals surface area contributed by atoms with Crippen molar-refractivity contribution >= 4 is 27.7 Å². The van der Waals surface area contributed by atoms with Crippen molar-refractivity contribution in [1.82, 2.24) is 15.2 Å². The lowest BCUT2D eigenvalue weighted by Crippen LogP contribution is -2.48. The second-order valence-electron chi connectivity index (χ2n) is 4.94. The summed E-state index contributed by atoms with van der Waals surface area (Å²) in [6, 6.07) is 2.85. The highest BCUT2D eigenvalue weighted by Crippen LogP contribution is 2.11. The van der Waals surface area contributed by atoms with E-state index in [1.807, 2.05) is 4.90 Å². The molecule has 1 aromatic heterocycles. The van der Waals surface area contributed by atoms with E-state index in [-0.39, 0.29) is 11.8 Å². The summed E-state index contributed by atoms with van der Waals surface area (Å²) >= 11 is 3.27. The second-order valence-corrected chi connectivity index (χ2v) is 5.86. The molecule has 0 saturated carbocycles. The van der Waals surface area contributed by atoms with Crippen LogP contribution in [0.2, 0.25) is 0 Å². The van der Waals surface area contributed by atoms with Crippen LogP contribution in [0, 0.1) is 0 Å². The van der Waals surface area contributed by atoms with E-state index in [1.165, 1.54) is 6.42 Å². The van der Waals surface area contributed by atoms with Crippen LogP contribution in [-0.4, -0.2) is 40.8 Å². The number of amides is 2. The number of hydrogen-bond donors (Lipinski definition) is 1. The van der Waals surface area contributed by atoms with Gasteiger partial charge in [-0.25, -0.2) is 4.98 Å². The fourth-order valence-electron chi connectivity index (χ4n) is 2.23. The Labute approximate surface area is 126 Å². The molecular weight excluding hydrogens is 322 g/mol. The molecule has 1 aliphatic rings. The Morgan fingerprint density at radius 1 is 1.30 bits per heavy atom. The molecule has 0 radical (unpaired) electrons. The van der Waals surface area contributed by atoms with E-state index in [9.17, 15) is 9.59 Å². The van der Waals surface area contributed by atoms with Gasteiger partial charge in [-0.3, -0.25) is 9.59 Å². The minimum Gasteiger partial charge on any atom is -0.341 e. The average molecular weight is 340 g/mol. The molecule has 1 N–H and O–H groups in total. The van der Waals surface area contributed by atoms with Crippen LogP contribution >= 0.6 is 15.9 Å². The molecule has 1 aliphatic heterocycles. The van der Waals surface area contributed by atoms with Crippen molar-refractivity contribution in [3.05, 3.63) is 28.5 Å². The number of nitrogens with zero attached hydrogens (tertiary/aromatic N) is 2. The number of likely N-dealkylation sites (tertiary alicyclic amines) is 1. The minimum atomic E-state index is -0.522. The van der Waals surface area contributed by atoms with Crippen LogP contribution in [-0.2, 0) is 4.79 Å². The third-order valence-electron chi connectivity index (χ3n) is 3.35. The molecule has 2 amide bonds. The number of rotatable bonds is 3. The van der Waals surface area contributed by atoms with Gasteiger partial charge < -0.3 is 10.2 Å². The van der Waals surface area contributed by atoms with Crippen LogP contribution in [0.1, 0.15) is 36.7 Å². The molecule has 0 spiro atoms. The van der Waals surface area contributed by atoms with Crippen LogP contribution in [0.5, 0.6) is 0 Å². The molecular formula is C14H18BrN3O2. The van der Waals surface area contributed by atoms with Gasteiger partial charge in [0, 0.05) is 23.8 Å². The average Bonchev–Trinajstić information content (AvgIpc) is 2.48. The van der Waals surface area contributed by atoms with Crippen molar-refractivity contribution in [2.75, 3.05) is 13.1 Å². The zero-order chi connectivity index (χ0) is 14.5. The van der Waals surface area contributed by atoms with E-state index < -0.39 is 6.04 Å². The molecule has 0 aliphatic carbocycles. The van der Waals surface area contributed by atoms with E-state index in [0.29, 0.717) is 5.69 Å².